The van der Waals surface area contributed by atoms with Crippen LogP contribution < -0.4 is 0 Å². The minimum absolute atomic E-state index is 0.540. The van der Waals surface area contributed by atoms with E-state index in [1.54, 1.807) is 11.3 Å². The number of hydrogen-bond donors (Lipinski definition) is 0. The summed E-state index contributed by atoms with van der Waals surface area (Å²) < 4.78 is 3.60. The zero-order chi connectivity index (χ0) is 38.7. The monoisotopic (exact) mass is 767 g/mol. The van der Waals surface area contributed by atoms with Crippen molar-refractivity contribution in [3.8, 4) is 28.2 Å². The van der Waals surface area contributed by atoms with Gasteiger partial charge in [-0.25, -0.2) is 9.97 Å². The van der Waals surface area contributed by atoms with Crippen molar-refractivity contribution in [1.29, 1.82) is 0 Å². The van der Waals surface area contributed by atoms with Gasteiger partial charge in [0.15, 0.2) is 5.82 Å². The summed E-state index contributed by atoms with van der Waals surface area (Å²) in [6.45, 7) is 0. The molecule has 0 aliphatic heterocycles. The lowest BCUT2D eigenvalue weighted by atomic mass is 9.67. The van der Waals surface area contributed by atoms with E-state index in [2.05, 4.69) is 205 Å². The van der Waals surface area contributed by atoms with E-state index in [1.807, 2.05) is 0 Å². The lowest BCUT2D eigenvalue weighted by Gasteiger charge is -2.34. The summed E-state index contributed by atoms with van der Waals surface area (Å²) in [7, 11) is 0. The number of fused-ring (bicyclic) bond motifs is 12. The van der Waals surface area contributed by atoms with Crippen LogP contribution in [0.1, 0.15) is 22.3 Å². The highest BCUT2D eigenvalue weighted by molar-refractivity contribution is 7.25. The van der Waals surface area contributed by atoms with E-state index in [0.29, 0.717) is 0 Å². The molecule has 9 aromatic carbocycles. The fourth-order valence-corrected chi connectivity index (χ4v) is 11.2. The molecule has 0 spiro atoms. The quantitative estimate of drug-likeness (QED) is 0.179. The molecule has 0 N–H and O–H groups in total. The van der Waals surface area contributed by atoms with E-state index >= 15 is 0 Å². The van der Waals surface area contributed by atoms with Crippen LogP contribution in [0, 0.1) is 0 Å². The fraction of sp³-hybridized carbons (Fsp3) is 0.0182. The summed E-state index contributed by atoms with van der Waals surface area (Å²) in [4.78, 5) is 12.4. The summed E-state index contributed by atoms with van der Waals surface area (Å²) in [6, 6.07) is 73.2. The Morgan fingerprint density at radius 3 is 1.88 bits per heavy atom. The van der Waals surface area contributed by atoms with E-state index in [-0.39, 0.29) is 0 Å². The van der Waals surface area contributed by atoms with Gasteiger partial charge in [0, 0.05) is 31.8 Å². The van der Waals surface area contributed by atoms with Gasteiger partial charge in [0.1, 0.15) is 16.0 Å². The van der Waals surface area contributed by atoms with Crippen LogP contribution in [-0.4, -0.2) is 14.5 Å². The predicted octanol–water partition coefficient (Wildman–Crippen LogP) is 14.3. The normalized spacial score (nSPS) is 13.2. The SMILES string of the molecule is c1ccc(C2(c3ccccc3)c3ccccc3-c3ccc(-c4nc5sc6ccccc6c5nc4-n4c5cc6ccccc6cc5c5ccc6ccccc6c54)cc32)cc1. The van der Waals surface area contributed by atoms with Crippen molar-refractivity contribution < 1.29 is 0 Å². The molecule has 1 aliphatic rings. The molecule has 0 bridgehead atoms. The average molecular weight is 768 g/mol. The molecular weight excluding hydrogens is 735 g/mol. The molecule has 274 valence electrons. The molecule has 3 nitrogen and oxygen atoms in total. The first-order valence-corrected chi connectivity index (χ1v) is 21.0. The lowest BCUT2D eigenvalue weighted by molar-refractivity contribution is 0.768. The third kappa shape index (κ3) is 4.52. The highest BCUT2D eigenvalue weighted by Crippen LogP contribution is 2.57. The smallest absolute Gasteiger partial charge is 0.165 e. The average Bonchev–Trinajstić information content (AvgIpc) is 3.94. The zero-order valence-corrected chi connectivity index (χ0v) is 32.6. The number of thiophene rings is 1. The van der Waals surface area contributed by atoms with Crippen LogP contribution in [0.3, 0.4) is 0 Å². The minimum atomic E-state index is -0.540. The van der Waals surface area contributed by atoms with Crippen LogP contribution in [0.15, 0.2) is 200 Å². The topological polar surface area (TPSA) is 30.7 Å². The molecule has 13 rings (SSSR count). The Hall–Kier alpha value is -7.40. The standard InChI is InChI=1S/C55H33N3S/c1-3-18-38(19-4-1)55(39-20-5-2-6-21-39)46-25-13-11-23-41(46)42-29-28-37(32-47(42)55)50-53(56-51-44-24-12-14-26-49(44)59-54(51)57-50)58-48-33-36-17-8-7-16-35(36)31-45(48)43-30-27-34-15-9-10-22-40(34)52(43)58/h1-33H. The van der Waals surface area contributed by atoms with E-state index in [1.165, 1.54) is 70.4 Å². The van der Waals surface area contributed by atoms with Crippen molar-refractivity contribution in [3.63, 3.8) is 0 Å². The number of hydrogen-bond acceptors (Lipinski definition) is 3. The molecule has 0 radical (unpaired) electrons. The second-order valence-corrected chi connectivity index (χ2v) is 16.7. The summed E-state index contributed by atoms with van der Waals surface area (Å²) in [5.41, 5.74) is 12.0. The number of nitrogens with zero attached hydrogens (tertiary/aromatic N) is 3. The lowest BCUT2D eigenvalue weighted by Crippen LogP contribution is -2.28. The van der Waals surface area contributed by atoms with Gasteiger partial charge in [0.05, 0.1) is 16.4 Å². The van der Waals surface area contributed by atoms with Gasteiger partial charge in [-0.15, -0.1) is 11.3 Å². The molecule has 1 aliphatic carbocycles. The van der Waals surface area contributed by atoms with Gasteiger partial charge in [-0.3, -0.25) is 4.57 Å². The Labute approximate surface area is 344 Å². The summed E-state index contributed by atoms with van der Waals surface area (Å²) in [5, 5.41) is 8.30. The number of aromatic nitrogens is 3. The minimum Gasteiger partial charge on any atom is -0.291 e. The van der Waals surface area contributed by atoms with Gasteiger partial charge in [0.25, 0.3) is 0 Å². The van der Waals surface area contributed by atoms with Crippen molar-refractivity contribution in [2.24, 2.45) is 0 Å². The van der Waals surface area contributed by atoms with E-state index in [4.69, 9.17) is 9.97 Å². The molecular formula is C55H33N3S. The molecule has 0 saturated heterocycles. The highest BCUT2D eigenvalue weighted by atomic mass is 32.1. The first-order chi connectivity index (χ1) is 29.3. The van der Waals surface area contributed by atoms with Gasteiger partial charge in [-0.05, 0) is 73.8 Å². The van der Waals surface area contributed by atoms with Crippen molar-refractivity contribution in [1.82, 2.24) is 14.5 Å². The van der Waals surface area contributed by atoms with Crippen molar-refractivity contribution >= 4 is 75.1 Å². The van der Waals surface area contributed by atoms with Gasteiger partial charge < -0.3 is 0 Å². The maximum absolute atomic E-state index is 5.77. The van der Waals surface area contributed by atoms with E-state index in [0.717, 1.165) is 43.8 Å². The summed E-state index contributed by atoms with van der Waals surface area (Å²) >= 11 is 1.71. The number of benzene rings is 9. The summed E-state index contributed by atoms with van der Waals surface area (Å²) in [6.07, 6.45) is 0. The van der Waals surface area contributed by atoms with Crippen LogP contribution in [0.4, 0.5) is 0 Å². The first-order valence-electron chi connectivity index (χ1n) is 20.2. The molecule has 12 aromatic rings. The van der Waals surface area contributed by atoms with Crippen LogP contribution in [0.5, 0.6) is 0 Å². The first kappa shape index (κ1) is 32.7. The molecule has 0 unspecified atom stereocenters. The highest BCUT2D eigenvalue weighted by Gasteiger charge is 2.46. The molecule has 0 atom stereocenters. The van der Waals surface area contributed by atoms with Crippen LogP contribution in [-0.2, 0) is 5.41 Å². The molecule has 0 fully saturated rings. The van der Waals surface area contributed by atoms with Gasteiger partial charge in [0.2, 0.25) is 0 Å². The number of rotatable bonds is 4. The zero-order valence-electron chi connectivity index (χ0n) is 31.8. The van der Waals surface area contributed by atoms with Crippen LogP contribution in [0.25, 0.3) is 92.0 Å². The molecule has 3 aromatic heterocycles. The Kier molecular flexibility index (Phi) is 6.81. The Morgan fingerprint density at radius 2 is 1.08 bits per heavy atom. The van der Waals surface area contributed by atoms with Crippen LogP contribution in [0.2, 0.25) is 0 Å². The predicted molar refractivity (Wildman–Crippen MR) is 247 cm³/mol. The second-order valence-electron chi connectivity index (χ2n) is 15.7. The van der Waals surface area contributed by atoms with Crippen LogP contribution >= 0.6 is 11.3 Å². The van der Waals surface area contributed by atoms with E-state index < -0.39 is 5.41 Å². The Bertz CT molecular complexity index is 3630. The summed E-state index contributed by atoms with van der Waals surface area (Å²) in [5.74, 6) is 0.827. The van der Waals surface area contributed by atoms with Crippen molar-refractivity contribution in [2.45, 2.75) is 5.41 Å². The third-order valence-corrected chi connectivity index (χ3v) is 13.7. The third-order valence-electron chi connectivity index (χ3n) is 12.7. The van der Waals surface area contributed by atoms with Gasteiger partial charge in [-0.2, -0.15) is 0 Å². The molecule has 0 amide bonds. The molecule has 3 heterocycles. The molecule has 0 saturated carbocycles. The Morgan fingerprint density at radius 1 is 0.441 bits per heavy atom. The largest absolute Gasteiger partial charge is 0.291 e. The maximum Gasteiger partial charge on any atom is 0.165 e. The molecule has 59 heavy (non-hydrogen) atoms. The maximum atomic E-state index is 5.77. The Balaban J connectivity index is 1.19. The van der Waals surface area contributed by atoms with E-state index in [9.17, 15) is 0 Å². The van der Waals surface area contributed by atoms with Crippen molar-refractivity contribution in [2.75, 3.05) is 0 Å². The second kappa shape index (κ2) is 12.3. The van der Waals surface area contributed by atoms with Gasteiger partial charge in [-0.1, -0.05) is 176 Å². The fourth-order valence-electron chi connectivity index (χ4n) is 10.1. The molecule has 4 heteroatoms. The van der Waals surface area contributed by atoms with Gasteiger partial charge >= 0.3 is 0 Å². The van der Waals surface area contributed by atoms with Crippen molar-refractivity contribution in [3.05, 3.63) is 222 Å².